The highest BCUT2D eigenvalue weighted by atomic mass is 16.2. The van der Waals surface area contributed by atoms with E-state index < -0.39 is 0 Å². The number of aromatic nitrogens is 2. The van der Waals surface area contributed by atoms with Gasteiger partial charge in [0.2, 0.25) is 5.95 Å². The number of nitrogens with one attached hydrogen (secondary N) is 1. The average molecular weight is 337 g/mol. The number of aryl methyl sites for hydroxylation is 1. The first kappa shape index (κ1) is 15.9. The van der Waals surface area contributed by atoms with Crippen LogP contribution in [0.4, 0.5) is 11.6 Å². The molecule has 2 aromatic rings. The van der Waals surface area contributed by atoms with Gasteiger partial charge in [-0.1, -0.05) is 12.1 Å². The fourth-order valence-corrected chi connectivity index (χ4v) is 3.10. The normalized spacial score (nSPS) is 17.5. The number of hydrogen-bond acceptors (Lipinski definition) is 5. The van der Waals surface area contributed by atoms with Crippen molar-refractivity contribution in [1.29, 1.82) is 0 Å². The number of benzene rings is 1. The first-order valence-corrected chi connectivity index (χ1v) is 8.89. The maximum Gasteiger partial charge on any atom is 0.270 e. The molecule has 4 rings (SSSR count). The van der Waals surface area contributed by atoms with Gasteiger partial charge in [-0.3, -0.25) is 4.79 Å². The number of rotatable bonds is 4. The maximum atomic E-state index is 12.2. The Kier molecular flexibility index (Phi) is 4.26. The largest absolute Gasteiger partial charge is 0.368 e. The minimum absolute atomic E-state index is 0.0930. The molecule has 1 N–H and O–H groups in total. The van der Waals surface area contributed by atoms with Gasteiger partial charge < -0.3 is 15.1 Å². The molecule has 1 saturated heterocycles. The predicted molar refractivity (Wildman–Crippen MR) is 98.1 cm³/mol. The molecule has 1 aliphatic heterocycles. The van der Waals surface area contributed by atoms with E-state index in [-0.39, 0.29) is 5.91 Å². The summed E-state index contributed by atoms with van der Waals surface area (Å²) in [7, 11) is 0. The van der Waals surface area contributed by atoms with Gasteiger partial charge in [0.15, 0.2) is 0 Å². The van der Waals surface area contributed by atoms with E-state index in [0.29, 0.717) is 17.7 Å². The van der Waals surface area contributed by atoms with E-state index in [0.717, 1.165) is 39.0 Å². The smallest absolute Gasteiger partial charge is 0.270 e. The van der Waals surface area contributed by atoms with Crippen molar-refractivity contribution in [2.45, 2.75) is 25.8 Å². The first-order valence-electron chi connectivity index (χ1n) is 8.89. The molecule has 0 bridgehead atoms. The number of hydrogen-bond donors (Lipinski definition) is 1. The molecule has 1 amide bonds. The molecular weight excluding hydrogens is 314 g/mol. The number of nitrogens with zero attached hydrogens (tertiary/aromatic N) is 4. The Morgan fingerprint density at radius 1 is 1.12 bits per heavy atom. The van der Waals surface area contributed by atoms with Gasteiger partial charge in [-0.2, -0.15) is 0 Å². The van der Waals surface area contributed by atoms with Crippen molar-refractivity contribution < 1.29 is 4.79 Å². The van der Waals surface area contributed by atoms with Crippen LogP contribution in [-0.2, 0) is 0 Å². The summed E-state index contributed by atoms with van der Waals surface area (Å²) >= 11 is 0. The third-order valence-corrected chi connectivity index (χ3v) is 4.72. The van der Waals surface area contributed by atoms with Crippen LogP contribution in [-0.4, -0.2) is 48.1 Å². The Labute approximate surface area is 147 Å². The lowest BCUT2D eigenvalue weighted by Crippen LogP contribution is -2.47. The molecule has 6 nitrogen and oxygen atoms in total. The van der Waals surface area contributed by atoms with E-state index in [4.69, 9.17) is 0 Å². The van der Waals surface area contributed by atoms with E-state index in [2.05, 4.69) is 56.3 Å². The van der Waals surface area contributed by atoms with Crippen LogP contribution in [0.2, 0.25) is 0 Å². The van der Waals surface area contributed by atoms with Gasteiger partial charge in [-0.05, 0) is 43.5 Å². The van der Waals surface area contributed by atoms with Gasteiger partial charge in [0.1, 0.15) is 5.69 Å². The molecule has 2 heterocycles. The van der Waals surface area contributed by atoms with Crippen LogP contribution in [0.3, 0.4) is 0 Å². The van der Waals surface area contributed by atoms with Gasteiger partial charge in [0.05, 0.1) is 0 Å². The molecule has 6 heteroatoms. The number of amides is 1. The predicted octanol–water partition coefficient (Wildman–Crippen LogP) is 2.00. The fourth-order valence-electron chi connectivity index (χ4n) is 3.10. The summed E-state index contributed by atoms with van der Waals surface area (Å²) in [6.45, 7) is 5.66. The van der Waals surface area contributed by atoms with Crippen LogP contribution in [0.15, 0.2) is 36.5 Å². The van der Waals surface area contributed by atoms with E-state index in [9.17, 15) is 4.79 Å². The van der Waals surface area contributed by atoms with E-state index >= 15 is 0 Å². The minimum Gasteiger partial charge on any atom is -0.368 e. The maximum absolute atomic E-state index is 12.2. The second kappa shape index (κ2) is 6.70. The molecule has 2 fully saturated rings. The third kappa shape index (κ3) is 3.73. The quantitative estimate of drug-likeness (QED) is 0.925. The van der Waals surface area contributed by atoms with Gasteiger partial charge in [0.25, 0.3) is 5.91 Å². The minimum atomic E-state index is -0.0930. The topological polar surface area (TPSA) is 61.4 Å². The summed E-state index contributed by atoms with van der Waals surface area (Å²) in [4.78, 5) is 25.5. The summed E-state index contributed by atoms with van der Waals surface area (Å²) < 4.78 is 0. The first-order chi connectivity index (χ1) is 12.2. The van der Waals surface area contributed by atoms with E-state index in [1.165, 1.54) is 11.3 Å². The highest BCUT2D eigenvalue weighted by molar-refractivity contribution is 5.92. The van der Waals surface area contributed by atoms with Crippen LogP contribution in [0.1, 0.15) is 28.9 Å². The Bertz CT molecular complexity index is 766. The average Bonchev–Trinajstić information content (AvgIpc) is 3.46. The summed E-state index contributed by atoms with van der Waals surface area (Å²) in [6, 6.07) is 10.6. The van der Waals surface area contributed by atoms with Crippen molar-refractivity contribution in [3.63, 3.8) is 0 Å². The van der Waals surface area contributed by atoms with Crippen molar-refractivity contribution in [3.8, 4) is 0 Å². The Morgan fingerprint density at radius 2 is 1.88 bits per heavy atom. The summed E-state index contributed by atoms with van der Waals surface area (Å²) in [5.74, 6) is 0.553. The van der Waals surface area contributed by atoms with Crippen molar-refractivity contribution in [2.24, 2.45) is 0 Å². The summed E-state index contributed by atoms with van der Waals surface area (Å²) in [5, 5.41) is 2.98. The molecule has 130 valence electrons. The summed E-state index contributed by atoms with van der Waals surface area (Å²) in [5.41, 5.74) is 2.99. The highest BCUT2D eigenvalue weighted by Crippen LogP contribution is 2.21. The SMILES string of the molecule is Cc1cccc(N2CCN(c3nccc(C(=O)NC4CC4)n3)CC2)c1. The molecule has 25 heavy (non-hydrogen) atoms. The summed E-state index contributed by atoms with van der Waals surface area (Å²) in [6.07, 6.45) is 3.83. The van der Waals surface area contributed by atoms with Crippen LogP contribution < -0.4 is 15.1 Å². The number of carbonyl (C=O) groups is 1. The van der Waals surface area contributed by atoms with E-state index in [1.807, 2.05) is 0 Å². The van der Waals surface area contributed by atoms with Crippen molar-refractivity contribution >= 4 is 17.5 Å². The van der Waals surface area contributed by atoms with Crippen LogP contribution in [0.5, 0.6) is 0 Å². The van der Waals surface area contributed by atoms with Gasteiger partial charge in [-0.25, -0.2) is 9.97 Å². The molecule has 2 aliphatic rings. The van der Waals surface area contributed by atoms with Gasteiger partial charge >= 0.3 is 0 Å². The number of anilines is 2. The zero-order valence-corrected chi connectivity index (χ0v) is 14.5. The van der Waals surface area contributed by atoms with Crippen molar-refractivity contribution in [3.05, 3.63) is 47.8 Å². The zero-order valence-electron chi connectivity index (χ0n) is 14.5. The highest BCUT2D eigenvalue weighted by Gasteiger charge is 2.25. The second-order valence-corrected chi connectivity index (χ2v) is 6.80. The number of carbonyl (C=O) groups excluding carboxylic acids is 1. The van der Waals surface area contributed by atoms with Crippen LogP contribution >= 0.6 is 0 Å². The molecule has 0 spiro atoms. The molecular formula is C19H23N5O. The number of piperazine rings is 1. The standard InChI is InChI=1S/C19H23N5O/c1-14-3-2-4-16(13-14)23-9-11-24(12-10-23)19-20-8-7-17(22-19)18(25)21-15-5-6-15/h2-4,7-8,13,15H,5-6,9-12H2,1H3,(H,21,25). The Balaban J connectivity index is 1.41. The van der Waals surface area contributed by atoms with Crippen molar-refractivity contribution in [2.75, 3.05) is 36.0 Å². The third-order valence-electron chi connectivity index (χ3n) is 4.72. The zero-order chi connectivity index (χ0) is 17.2. The monoisotopic (exact) mass is 337 g/mol. The van der Waals surface area contributed by atoms with Gasteiger partial charge in [-0.15, -0.1) is 0 Å². The fraction of sp³-hybridized carbons (Fsp3) is 0.421. The molecule has 1 aliphatic carbocycles. The molecule has 0 radical (unpaired) electrons. The lowest BCUT2D eigenvalue weighted by atomic mass is 10.2. The molecule has 0 unspecified atom stereocenters. The van der Waals surface area contributed by atoms with Gasteiger partial charge in [0, 0.05) is 44.1 Å². The van der Waals surface area contributed by atoms with E-state index in [1.54, 1.807) is 12.3 Å². The second-order valence-electron chi connectivity index (χ2n) is 6.80. The molecule has 1 saturated carbocycles. The lowest BCUT2D eigenvalue weighted by molar-refractivity contribution is 0.0946. The molecule has 1 aromatic heterocycles. The van der Waals surface area contributed by atoms with Crippen molar-refractivity contribution in [1.82, 2.24) is 15.3 Å². The lowest BCUT2D eigenvalue weighted by Gasteiger charge is -2.36. The Morgan fingerprint density at radius 3 is 2.60 bits per heavy atom. The Hall–Kier alpha value is -2.63. The van der Waals surface area contributed by atoms with Crippen LogP contribution in [0.25, 0.3) is 0 Å². The molecule has 0 atom stereocenters. The van der Waals surface area contributed by atoms with Crippen LogP contribution in [0, 0.1) is 6.92 Å². The molecule has 1 aromatic carbocycles.